The number of anilines is 1. The minimum absolute atomic E-state index is 0.389. The summed E-state index contributed by atoms with van der Waals surface area (Å²) in [5.41, 5.74) is -0.0190. The van der Waals surface area contributed by atoms with Crippen molar-refractivity contribution in [1.82, 2.24) is 0 Å². The molecule has 19 heavy (non-hydrogen) atoms. The number of nitrogens with one attached hydrogen (secondary N) is 1. The Morgan fingerprint density at radius 3 is 2.63 bits per heavy atom. The first-order valence-electron chi connectivity index (χ1n) is 5.23. The van der Waals surface area contributed by atoms with Crippen molar-refractivity contribution in [2.75, 3.05) is 5.32 Å². The van der Waals surface area contributed by atoms with Gasteiger partial charge in [-0.25, -0.2) is 4.39 Å². The highest BCUT2D eigenvalue weighted by Gasteiger charge is 2.17. The van der Waals surface area contributed by atoms with E-state index < -0.39 is 23.0 Å². The highest BCUT2D eigenvalue weighted by atomic mass is 79.9. The lowest BCUT2D eigenvalue weighted by Crippen LogP contribution is -2.14. The zero-order valence-electron chi connectivity index (χ0n) is 9.45. The fourth-order valence-corrected chi connectivity index (χ4v) is 2.06. The Balaban J connectivity index is 2.34. The summed E-state index contributed by atoms with van der Waals surface area (Å²) in [6, 6.07) is 8.54. The molecule has 2 aromatic rings. The third kappa shape index (κ3) is 2.88. The normalized spacial score (nSPS) is 10.3. The van der Waals surface area contributed by atoms with Crippen molar-refractivity contribution >= 4 is 39.1 Å². The molecule has 98 valence electrons. The lowest BCUT2D eigenvalue weighted by molar-refractivity contribution is 0.102. The van der Waals surface area contributed by atoms with E-state index in [0.717, 1.165) is 6.07 Å². The highest BCUT2D eigenvalue weighted by Crippen LogP contribution is 2.31. The molecular weight excluding hydrogens is 337 g/mol. The number of amides is 1. The van der Waals surface area contributed by atoms with E-state index in [9.17, 15) is 14.3 Å². The molecule has 0 radical (unpaired) electrons. The SMILES string of the molecule is O=C(Nc1cccc(Cl)c1Br)c1c(O)cccc1F. The van der Waals surface area contributed by atoms with Crippen LogP contribution in [-0.2, 0) is 0 Å². The van der Waals surface area contributed by atoms with Crippen molar-refractivity contribution in [2.24, 2.45) is 0 Å². The summed E-state index contributed by atoms with van der Waals surface area (Å²) >= 11 is 9.10. The van der Waals surface area contributed by atoms with Crippen molar-refractivity contribution in [3.8, 4) is 5.75 Å². The quantitative estimate of drug-likeness (QED) is 0.858. The van der Waals surface area contributed by atoms with Crippen LogP contribution in [-0.4, -0.2) is 11.0 Å². The van der Waals surface area contributed by atoms with Crippen LogP contribution in [0.1, 0.15) is 10.4 Å². The molecule has 6 heteroatoms. The number of halogens is 3. The minimum atomic E-state index is -0.796. The van der Waals surface area contributed by atoms with Crippen molar-refractivity contribution in [3.05, 3.63) is 57.3 Å². The average Bonchev–Trinajstić information content (AvgIpc) is 2.35. The standard InChI is InChI=1S/C13H8BrClFNO2/c14-12-7(15)3-1-5-9(12)17-13(19)11-8(16)4-2-6-10(11)18/h1-6,18H,(H,17,19). The highest BCUT2D eigenvalue weighted by molar-refractivity contribution is 9.10. The Hall–Kier alpha value is -1.59. The van der Waals surface area contributed by atoms with Gasteiger partial charge >= 0.3 is 0 Å². The summed E-state index contributed by atoms with van der Waals surface area (Å²) in [6.45, 7) is 0. The van der Waals surface area contributed by atoms with E-state index in [1.165, 1.54) is 12.1 Å². The maximum absolute atomic E-state index is 13.5. The molecule has 0 aromatic heterocycles. The summed E-state index contributed by atoms with van der Waals surface area (Å²) in [4.78, 5) is 11.9. The molecule has 1 amide bonds. The van der Waals surface area contributed by atoms with E-state index in [-0.39, 0.29) is 0 Å². The molecule has 0 saturated heterocycles. The summed E-state index contributed by atoms with van der Waals surface area (Å²) < 4.78 is 14.0. The van der Waals surface area contributed by atoms with Gasteiger partial charge in [0.25, 0.3) is 5.91 Å². The Morgan fingerprint density at radius 1 is 1.26 bits per heavy atom. The van der Waals surface area contributed by atoms with E-state index in [1.54, 1.807) is 18.2 Å². The van der Waals surface area contributed by atoms with Crippen LogP contribution < -0.4 is 5.32 Å². The molecule has 2 aromatic carbocycles. The Bertz CT molecular complexity index is 628. The fraction of sp³-hybridized carbons (Fsp3) is 0. The molecule has 0 aliphatic heterocycles. The average molecular weight is 345 g/mol. The Kier molecular flexibility index (Phi) is 4.07. The maximum Gasteiger partial charge on any atom is 0.262 e. The van der Waals surface area contributed by atoms with Gasteiger partial charge in [0.1, 0.15) is 17.1 Å². The Labute approximate surface area is 122 Å². The zero-order valence-corrected chi connectivity index (χ0v) is 11.8. The van der Waals surface area contributed by atoms with Crippen molar-refractivity contribution in [3.63, 3.8) is 0 Å². The molecule has 0 fully saturated rings. The Morgan fingerprint density at radius 2 is 1.95 bits per heavy atom. The van der Waals surface area contributed by atoms with Gasteiger partial charge in [-0.15, -0.1) is 0 Å². The molecule has 0 bridgehead atoms. The van der Waals surface area contributed by atoms with Crippen LogP contribution in [0.4, 0.5) is 10.1 Å². The maximum atomic E-state index is 13.5. The number of carbonyl (C=O) groups excluding carboxylic acids is 1. The van der Waals surface area contributed by atoms with Crippen LogP contribution in [0.2, 0.25) is 5.02 Å². The minimum Gasteiger partial charge on any atom is -0.507 e. The van der Waals surface area contributed by atoms with Gasteiger partial charge in [-0.3, -0.25) is 4.79 Å². The number of hydrogen-bond acceptors (Lipinski definition) is 2. The molecule has 0 atom stereocenters. The molecule has 0 saturated carbocycles. The molecule has 0 aliphatic rings. The first-order valence-corrected chi connectivity index (χ1v) is 6.40. The van der Waals surface area contributed by atoms with E-state index >= 15 is 0 Å². The van der Waals surface area contributed by atoms with Gasteiger partial charge < -0.3 is 10.4 Å². The zero-order chi connectivity index (χ0) is 14.0. The van der Waals surface area contributed by atoms with Gasteiger partial charge in [0.05, 0.1) is 15.2 Å². The second-order valence-corrected chi connectivity index (χ2v) is 4.89. The van der Waals surface area contributed by atoms with Gasteiger partial charge in [0.15, 0.2) is 0 Å². The number of phenolic OH excluding ortho intramolecular Hbond substituents is 1. The summed E-state index contributed by atoms with van der Waals surface area (Å²) in [6.07, 6.45) is 0. The van der Waals surface area contributed by atoms with Gasteiger partial charge in [-0.2, -0.15) is 0 Å². The van der Waals surface area contributed by atoms with E-state index in [2.05, 4.69) is 21.2 Å². The predicted octanol–water partition coefficient (Wildman–Crippen LogP) is 4.20. The van der Waals surface area contributed by atoms with Gasteiger partial charge in [0.2, 0.25) is 0 Å². The number of carbonyl (C=O) groups is 1. The lowest BCUT2D eigenvalue weighted by Gasteiger charge is -2.10. The molecule has 0 unspecified atom stereocenters. The summed E-state index contributed by atoms with van der Waals surface area (Å²) in [5, 5.41) is 12.4. The van der Waals surface area contributed by atoms with Crippen molar-refractivity contribution < 1.29 is 14.3 Å². The largest absolute Gasteiger partial charge is 0.507 e. The van der Waals surface area contributed by atoms with Gasteiger partial charge in [-0.1, -0.05) is 23.7 Å². The second kappa shape index (κ2) is 5.59. The van der Waals surface area contributed by atoms with Crippen LogP contribution in [0.15, 0.2) is 40.9 Å². The molecule has 0 aliphatic carbocycles. The molecular formula is C13H8BrClFNO2. The van der Waals surface area contributed by atoms with Crippen molar-refractivity contribution in [2.45, 2.75) is 0 Å². The van der Waals surface area contributed by atoms with E-state index in [4.69, 9.17) is 11.6 Å². The molecule has 0 heterocycles. The van der Waals surface area contributed by atoms with Gasteiger partial charge in [0, 0.05) is 0 Å². The number of rotatable bonds is 2. The first-order chi connectivity index (χ1) is 9.00. The second-order valence-electron chi connectivity index (χ2n) is 3.69. The smallest absolute Gasteiger partial charge is 0.262 e. The summed E-state index contributed by atoms with van der Waals surface area (Å²) in [5.74, 6) is -1.97. The fourth-order valence-electron chi connectivity index (χ4n) is 1.52. The third-order valence-electron chi connectivity index (χ3n) is 2.42. The molecule has 3 nitrogen and oxygen atoms in total. The van der Waals surface area contributed by atoms with Crippen LogP contribution in [0, 0.1) is 5.82 Å². The lowest BCUT2D eigenvalue weighted by atomic mass is 10.1. The number of benzene rings is 2. The first kappa shape index (κ1) is 13.8. The van der Waals surface area contributed by atoms with E-state index in [1.807, 2.05) is 0 Å². The number of phenols is 1. The molecule has 0 spiro atoms. The monoisotopic (exact) mass is 343 g/mol. The third-order valence-corrected chi connectivity index (χ3v) is 3.82. The predicted molar refractivity (Wildman–Crippen MR) is 75.2 cm³/mol. The van der Waals surface area contributed by atoms with Crippen LogP contribution in [0.3, 0.4) is 0 Å². The number of aromatic hydroxyl groups is 1. The van der Waals surface area contributed by atoms with Crippen LogP contribution >= 0.6 is 27.5 Å². The topological polar surface area (TPSA) is 49.3 Å². The molecule has 2 N–H and O–H groups in total. The van der Waals surface area contributed by atoms with Crippen LogP contribution in [0.25, 0.3) is 0 Å². The molecule has 2 rings (SSSR count). The van der Waals surface area contributed by atoms with Gasteiger partial charge in [-0.05, 0) is 40.2 Å². The van der Waals surface area contributed by atoms with E-state index in [0.29, 0.717) is 15.2 Å². The number of hydrogen-bond donors (Lipinski definition) is 2. The summed E-state index contributed by atoms with van der Waals surface area (Å²) in [7, 11) is 0. The van der Waals surface area contributed by atoms with Crippen molar-refractivity contribution in [1.29, 1.82) is 0 Å². The van der Waals surface area contributed by atoms with Crippen LogP contribution in [0.5, 0.6) is 5.75 Å².